The van der Waals surface area contributed by atoms with E-state index in [1.54, 1.807) is 6.92 Å². The van der Waals surface area contributed by atoms with Gasteiger partial charge in [-0.15, -0.1) is 0 Å². The molecule has 0 fully saturated rings. The molecular formula is C11H12BrF3N2O. The summed E-state index contributed by atoms with van der Waals surface area (Å²) in [5.41, 5.74) is 4.12. The minimum Gasteiger partial charge on any atom is -0.330 e. The van der Waals surface area contributed by atoms with E-state index in [9.17, 15) is 18.0 Å². The average molecular weight is 325 g/mol. The highest BCUT2D eigenvalue weighted by atomic mass is 79.9. The van der Waals surface area contributed by atoms with Crippen molar-refractivity contribution in [1.82, 2.24) is 0 Å². The van der Waals surface area contributed by atoms with Crippen LogP contribution in [0, 0.1) is 5.92 Å². The predicted molar refractivity (Wildman–Crippen MR) is 66.0 cm³/mol. The van der Waals surface area contributed by atoms with E-state index in [1.807, 2.05) is 0 Å². The molecule has 7 heteroatoms. The standard InChI is InChI=1S/C11H12BrF3N2O/c1-6(5-16)10(18)17-9-3-2-7(12)4-8(9)11(13,14)15/h2-4,6H,5,16H2,1H3,(H,17,18). The summed E-state index contributed by atoms with van der Waals surface area (Å²) < 4.78 is 38.6. The van der Waals surface area contributed by atoms with Gasteiger partial charge in [-0.05, 0) is 18.2 Å². The third-order valence-corrected chi connectivity index (χ3v) is 2.84. The Hall–Kier alpha value is -1.08. The van der Waals surface area contributed by atoms with Crippen molar-refractivity contribution in [2.75, 3.05) is 11.9 Å². The van der Waals surface area contributed by atoms with Crippen LogP contribution in [-0.4, -0.2) is 12.5 Å². The molecule has 0 bridgehead atoms. The molecule has 3 nitrogen and oxygen atoms in total. The van der Waals surface area contributed by atoms with Crippen LogP contribution in [0.15, 0.2) is 22.7 Å². The number of hydrogen-bond acceptors (Lipinski definition) is 2. The molecule has 1 atom stereocenters. The first-order valence-corrected chi connectivity index (χ1v) is 5.92. The van der Waals surface area contributed by atoms with E-state index >= 15 is 0 Å². The molecule has 1 amide bonds. The summed E-state index contributed by atoms with van der Waals surface area (Å²) in [7, 11) is 0. The SMILES string of the molecule is CC(CN)C(=O)Nc1ccc(Br)cc1C(F)(F)F. The number of hydrogen-bond donors (Lipinski definition) is 2. The van der Waals surface area contributed by atoms with Crippen molar-refractivity contribution >= 4 is 27.5 Å². The van der Waals surface area contributed by atoms with E-state index in [-0.39, 0.29) is 12.2 Å². The predicted octanol–water partition coefficient (Wildman–Crippen LogP) is 3.00. The molecule has 3 N–H and O–H groups in total. The van der Waals surface area contributed by atoms with E-state index in [0.29, 0.717) is 4.47 Å². The van der Waals surface area contributed by atoms with Crippen LogP contribution in [0.2, 0.25) is 0 Å². The smallest absolute Gasteiger partial charge is 0.330 e. The number of benzene rings is 1. The zero-order valence-electron chi connectivity index (χ0n) is 9.51. The molecular weight excluding hydrogens is 313 g/mol. The highest BCUT2D eigenvalue weighted by Gasteiger charge is 2.34. The van der Waals surface area contributed by atoms with Crippen molar-refractivity contribution in [1.29, 1.82) is 0 Å². The maximum Gasteiger partial charge on any atom is 0.418 e. The molecule has 0 aliphatic rings. The number of amides is 1. The highest BCUT2D eigenvalue weighted by molar-refractivity contribution is 9.10. The van der Waals surface area contributed by atoms with Gasteiger partial charge in [0, 0.05) is 16.9 Å². The lowest BCUT2D eigenvalue weighted by molar-refractivity contribution is -0.137. The molecule has 1 rings (SSSR count). The van der Waals surface area contributed by atoms with Gasteiger partial charge in [-0.3, -0.25) is 4.79 Å². The summed E-state index contributed by atoms with van der Waals surface area (Å²) in [5, 5.41) is 2.24. The van der Waals surface area contributed by atoms with E-state index in [0.717, 1.165) is 6.07 Å². The van der Waals surface area contributed by atoms with E-state index in [1.165, 1.54) is 12.1 Å². The van der Waals surface area contributed by atoms with Crippen LogP contribution in [0.25, 0.3) is 0 Å². The van der Waals surface area contributed by atoms with Gasteiger partial charge in [-0.2, -0.15) is 13.2 Å². The Morgan fingerprint density at radius 1 is 1.50 bits per heavy atom. The molecule has 0 aliphatic carbocycles. The van der Waals surface area contributed by atoms with E-state index in [4.69, 9.17) is 5.73 Å². The molecule has 18 heavy (non-hydrogen) atoms. The molecule has 1 unspecified atom stereocenters. The molecule has 0 heterocycles. The van der Waals surface area contributed by atoms with Crippen LogP contribution in [0.1, 0.15) is 12.5 Å². The molecule has 1 aromatic rings. The molecule has 0 saturated heterocycles. The maximum atomic E-state index is 12.8. The third-order valence-electron chi connectivity index (χ3n) is 2.35. The fraction of sp³-hybridized carbons (Fsp3) is 0.364. The Kier molecular flexibility index (Phi) is 4.75. The zero-order chi connectivity index (χ0) is 13.9. The lowest BCUT2D eigenvalue weighted by Crippen LogP contribution is -2.27. The van der Waals surface area contributed by atoms with Gasteiger partial charge in [0.05, 0.1) is 11.3 Å². The minimum absolute atomic E-state index is 0.0731. The second kappa shape index (κ2) is 5.71. The number of nitrogens with two attached hydrogens (primary N) is 1. The topological polar surface area (TPSA) is 55.1 Å². The van der Waals surface area contributed by atoms with Crippen molar-refractivity contribution in [2.45, 2.75) is 13.1 Å². The fourth-order valence-electron chi connectivity index (χ4n) is 1.22. The summed E-state index contributed by atoms with van der Waals surface area (Å²) in [6.07, 6.45) is -4.53. The third kappa shape index (κ3) is 3.71. The second-order valence-corrected chi connectivity index (χ2v) is 4.73. The average Bonchev–Trinajstić information content (AvgIpc) is 2.28. The number of carbonyl (C=O) groups excluding carboxylic acids is 1. The first-order valence-electron chi connectivity index (χ1n) is 5.13. The van der Waals surface area contributed by atoms with E-state index < -0.39 is 23.6 Å². The summed E-state index contributed by atoms with van der Waals surface area (Å²) in [6.45, 7) is 1.62. The lowest BCUT2D eigenvalue weighted by atomic mass is 10.1. The maximum absolute atomic E-state index is 12.8. The van der Waals surface area contributed by atoms with Crippen LogP contribution in [0.5, 0.6) is 0 Å². The molecule has 1 aromatic carbocycles. The second-order valence-electron chi connectivity index (χ2n) is 3.81. The number of halogens is 4. The molecule has 0 spiro atoms. The van der Waals surface area contributed by atoms with Gasteiger partial charge in [-0.25, -0.2) is 0 Å². The first kappa shape index (κ1) is 15.0. The van der Waals surface area contributed by atoms with Crippen molar-refractivity contribution in [3.05, 3.63) is 28.2 Å². The van der Waals surface area contributed by atoms with Gasteiger partial charge in [0.1, 0.15) is 0 Å². The largest absolute Gasteiger partial charge is 0.418 e. The van der Waals surface area contributed by atoms with Crippen molar-refractivity contribution in [3.8, 4) is 0 Å². The number of rotatable bonds is 3. The Morgan fingerprint density at radius 2 is 2.11 bits per heavy atom. The van der Waals surface area contributed by atoms with Crippen LogP contribution >= 0.6 is 15.9 Å². The summed E-state index contributed by atoms with van der Waals surface area (Å²) in [5.74, 6) is -1.08. The number of alkyl halides is 3. The summed E-state index contributed by atoms with van der Waals surface area (Å²) in [4.78, 5) is 11.5. The monoisotopic (exact) mass is 324 g/mol. The van der Waals surface area contributed by atoms with Crippen LogP contribution in [0.4, 0.5) is 18.9 Å². The molecule has 0 aliphatic heterocycles. The Balaban J connectivity index is 3.06. The minimum atomic E-state index is -4.53. The Labute approximate surface area is 111 Å². The van der Waals surface area contributed by atoms with Gasteiger partial charge in [0.15, 0.2) is 0 Å². The number of carbonyl (C=O) groups is 1. The van der Waals surface area contributed by atoms with Crippen molar-refractivity contribution in [3.63, 3.8) is 0 Å². The van der Waals surface area contributed by atoms with E-state index in [2.05, 4.69) is 21.2 Å². The fourth-order valence-corrected chi connectivity index (χ4v) is 1.58. The number of anilines is 1. The van der Waals surface area contributed by atoms with Crippen LogP contribution in [-0.2, 0) is 11.0 Å². The summed E-state index contributed by atoms with van der Waals surface area (Å²) >= 11 is 2.96. The van der Waals surface area contributed by atoms with Gasteiger partial charge in [-0.1, -0.05) is 22.9 Å². The quantitative estimate of drug-likeness (QED) is 0.898. The van der Waals surface area contributed by atoms with Crippen molar-refractivity contribution in [2.24, 2.45) is 11.7 Å². The lowest BCUT2D eigenvalue weighted by Gasteiger charge is -2.16. The normalized spacial score (nSPS) is 13.2. The highest BCUT2D eigenvalue weighted by Crippen LogP contribution is 2.36. The zero-order valence-corrected chi connectivity index (χ0v) is 11.1. The molecule has 0 radical (unpaired) electrons. The molecule has 0 aromatic heterocycles. The van der Waals surface area contributed by atoms with Gasteiger partial charge < -0.3 is 11.1 Å². The summed E-state index contributed by atoms with van der Waals surface area (Å²) in [6, 6.07) is 3.55. The van der Waals surface area contributed by atoms with Crippen LogP contribution in [0.3, 0.4) is 0 Å². The molecule has 100 valence electrons. The van der Waals surface area contributed by atoms with Crippen LogP contribution < -0.4 is 11.1 Å². The van der Waals surface area contributed by atoms with Gasteiger partial charge in [0.2, 0.25) is 5.91 Å². The Bertz CT molecular complexity index is 448. The Morgan fingerprint density at radius 3 is 2.61 bits per heavy atom. The van der Waals surface area contributed by atoms with Gasteiger partial charge in [0.25, 0.3) is 0 Å². The van der Waals surface area contributed by atoms with Crippen molar-refractivity contribution < 1.29 is 18.0 Å². The molecule has 0 saturated carbocycles. The van der Waals surface area contributed by atoms with Gasteiger partial charge >= 0.3 is 6.18 Å². The number of nitrogens with one attached hydrogen (secondary N) is 1. The first-order chi connectivity index (χ1) is 8.25.